The average Bonchev–Trinajstić information content (AvgIpc) is 3.22. The molecule has 1 aliphatic carbocycles. The molecule has 4 rings (SSSR count). The number of fused-ring (bicyclic) bond motifs is 1. The zero-order valence-electron chi connectivity index (χ0n) is 14.0. The minimum atomic E-state index is -1.07. The van der Waals surface area contributed by atoms with Crippen molar-refractivity contribution in [2.24, 2.45) is 5.92 Å². The molecule has 0 saturated heterocycles. The number of hydrogen-bond donors (Lipinski definition) is 2. The highest BCUT2D eigenvalue weighted by molar-refractivity contribution is 5.94. The molecular formula is C19H17F2N3O2. The largest absolute Gasteiger partial charge is 0.392 e. The fourth-order valence-corrected chi connectivity index (χ4v) is 3.02. The van der Waals surface area contributed by atoms with Crippen LogP contribution in [0.1, 0.15) is 17.5 Å². The number of aryl methyl sites for hydroxylation is 1. The number of halogens is 2. The minimum absolute atomic E-state index is 0.250. The SMILES string of the molecule is Cc1ccc(CO)c(-c2ccc3nc(NC(=O)C4CC4F)cn3c2)c1F. The zero-order chi connectivity index (χ0) is 18.4. The molecule has 1 aromatic carbocycles. The predicted octanol–water partition coefficient (Wildman–Crippen LogP) is 3.24. The molecule has 7 heteroatoms. The number of aliphatic hydroxyl groups is 1. The normalized spacial score (nSPS) is 18.9. The van der Waals surface area contributed by atoms with Crippen LogP contribution >= 0.6 is 0 Å². The van der Waals surface area contributed by atoms with Gasteiger partial charge in [-0.1, -0.05) is 12.1 Å². The number of nitrogens with one attached hydrogen (secondary N) is 1. The van der Waals surface area contributed by atoms with Crippen LogP contribution in [0, 0.1) is 18.7 Å². The highest BCUT2D eigenvalue weighted by atomic mass is 19.1. The Balaban J connectivity index is 1.70. The van der Waals surface area contributed by atoms with E-state index in [0.29, 0.717) is 33.7 Å². The Morgan fingerprint density at radius 2 is 2.12 bits per heavy atom. The molecule has 0 aliphatic heterocycles. The lowest BCUT2D eigenvalue weighted by Gasteiger charge is -2.11. The van der Waals surface area contributed by atoms with Crippen LogP contribution < -0.4 is 5.32 Å². The van der Waals surface area contributed by atoms with Gasteiger partial charge in [-0.25, -0.2) is 13.8 Å². The van der Waals surface area contributed by atoms with Gasteiger partial charge in [0, 0.05) is 17.3 Å². The number of anilines is 1. The van der Waals surface area contributed by atoms with Gasteiger partial charge in [-0.15, -0.1) is 0 Å². The zero-order valence-corrected chi connectivity index (χ0v) is 14.0. The smallest absolute Gasteiger partial charge is 0.231 e. The molecule has 1 amide bonds. The lowest BCUT2D eigenvalue weighted by Crippen LogP contribution is -2.15. The van der Waals surface area contributed by atoms with E-state index in [4.69, 9.17) is 0 Å². The van der Waals surface area contributed by atoms with E-state index in [0.717, 1.165) is 0 Å². The van der Waals surface area contributed by atoms with Crippen molar-refractivity contribution in [3.05, 3.63) is 53.6 Å². The molecule has 2 unspecified atom stereocenters. The van der Waals surface area contributed by atoms with Gasteiger partial charge in [0.05, 0.1) is 18.7 Å². The first-order valence-electron chi connectivity index (χ1n) is 8.31. The summed E-state index contributed by atoms with van der Waals surface area (Å²) in [5.74, 6) is -1.04. The Morgan fingerprint density at radius 3 is 2.81 bits per heavy atom. The third kappa shape index (κ3) is 2.84. The molecule has 3 aromatic rings. The van der Waals surface area contributed by atoms with Crippen LogP contribution in [0.15, 0.2) is 36.7 Å². The Labute approximate surface area is 148 Å². The van der Waals surface area contributed by atoms with Gasteiger partial charge < -0.3 is 14.8 Å². The standard InChI is InChI=1S/C19H17F2N3O2/c1-10-2-3-12(9-25)17(18(10)21)11-4-5-16-22-15(8-24(16)7-11)23-19(26)13-6-14(13)20/h2-5,7-8,13-14,25H,6,9H2,1H3,(H,23,26). The van der Waals surface area contributed by atoms with Gasteiger partial charge in [-0.05, 0) is 36.6 Å². The Morgan fingerprint density at radius 1 is 1.35 bits per heavy atom. The van der Waals surface area contributed by atoms with Crippen molar-refractivity contribution in [2.75, 3.05) is 5.32 Å². The average molecular weight is 357 g/mol. The quantitative estimate of drug-likeness (QED) is 0.753. The second-order valence-corrected chi connectivity index (χ2v) is 6.55. The van der Waals surface area contributed by atoms with E-state index in [1.54, 1.807) is 48.0 Å². The van der Waals surface area contributed by atoms with Crippen LogP contribution in [-0.2, 0) is 11.4 Å². The fourth-order valence-electron chi connectivity index (χ4n) is 3.02. The summed E-state index contributed by atoms with van der Waals surface area (Å²) in [6.07, 6.45) is 2.46. The predicted molar refractivity (Wildman–Crippen MR) is 92.9 cm³/mol. The van der Waals surface area contributed by atoms with E-state index in [1.165, 1.54) is 0 Å². The first kappa shape index (κ1) is 16.7. The number of aromatic nitrogens is 2. The van der Waals surface area contributed by atoms with Gasteiger partial charge >= 0.3 is 0 Å². The van der Waals surface area contributed by atoms with Crippen molar-refractivity contribution < 1.29 is 18.7 Å². The number of amides is 1. The highest BCUT2D eigenvalue weighted by Crippen LogP contribution is 2.35. The number of nitrogens with zero attached hydrogens (tertiary/aromatic N) is 2. The molecule has 1 saturated carbocycles. The van der Waals surface area contributed by atoms with Crippen LogP contribution in [0.2, 0.25) is 0 Å². The van der Waals surface area contributed by atoms with E-state index in [1.807, 2.05) is 0 Å². The van der Waals surface area contributed by atoms with Gasteiger partial charge in [-0.3, -0.25) is 4.79 Å². The summed E-state index contributed by atoms with van der Waals surface area (Å²) in [4.78, 5) is 16.1. The van der Waals surface area contributed by atoms with E-state index < -0.39 is 12.1 Å². The molecule has 0 bridgehead atoms. The summed E-state index contributed by atoms with van der Waals surface area (Å²) in [7, 11) is 0. The van der Waals surface area contributed by atoms with Crippen LogP contribution in [0.25, 0.3) is 16.8 Å². The van der Waals surface area contributed by atoms with E-state index in [-0.39, 0.29) is 24.8 Å². The lowest BCUT2D eigenvalue weighted by molar-refractivity contribution is -0.117. The van der Waals surface area contributed by atoms with E-state index >= 15 is 0 Å². The van der Waals surface area contributed by atoms with E-state index in [2.05, 4.69) is 10.3 Å². The molecule has 134 valence electrons. The molecule has 1 aliphatic rings. The van der Waals surface area contributed by atoms with Crippen molar-refractivity contribution in [1.29, 1.82) is 0 Å². The number of hydrogen-bond acceptors (Lipinski definition) is 3. The second kappa shape index (κ2) is 6.17. The molecule has 2 atom stereocenters. The number of pyridine rings is 1. The first-order valence-corrected chi connectivity index (χ1v) is 8.31. The molecule has 1 fully saturated rings. The maximum atomic E-state index is 14.6. The topological polar surface area (TPSA) is 66.6 Å². The Kier molecular flexibility index (Phi) is 3.96. The number of benzene rings is 1. The number of imidazole rings is 1. The summed E-state index contributed by atoms with van der Waals surface area (Å²) in [5, 5.41) is 12.1. The summed E-state index contributed by atoms with van der Waals surface area (Å²) in [5.41, 5.74) is 2.47. The molecule has 2 heterocycles. The number of carbonyl (C=O) groups excluding carboxylic acids is 1. The van der Waals surface area contributed by atoms with Crippen LogP contribution in [0.3, 0.4) is 0 Å². The highest BCUT2D eigenvalue weighted by Gasteiger charge is 2.43. The van der Waals surface area contributed by atoms with Crippen LogP contribution in [-0.4, -0.2) is 26.6 Å². The minimum Gasteiger partial charge on any atom is -0.392 e. The van der Waals surface area contributed by atoms with Gasteiger partial charge in [0.15, 0.2) is 5.82 Å². The van der Waals surface area contributed by atoms with Crippen molar-refractivity contribution in [3.8, 4) is 11.1 Å². The molecule has 0 spiro atoms. The summed E-state index contributed by atoms with van der Waals surface area (Å²) >= 11 is 0. The molecular weight excluding hydrogens is 340 g/mol. The van der Waals surface area contributed by atoms with Crippen molar-refractivity contribution in [1.82, 2.24) is 9.38 Å². The van der Waals surface area contributed by atoms with Crippen LogP contribution in [0.5, 0.6) is 0 Å². The van der Waals surface area contributed by atoms with Gasteiger partial charge in [-0.2, -0.15) is 0 Å². The van der Waals surface area contributed by atoms with Crippen molar-refractivity contribution in [3.63, 3.8) is 0 Å². The molecule has 0 radical (unpaired) electrons. The molecule has 2 aromatic heterocycles. The molecule has 2 N–H and O–H groups in total. The Bertz CT molecular complexity index is 1020. The first-order chi connectivity index (χ1) is 12.5. The van der Waals surface area contributed by atoms with Crippen LogP contribution in [0.4, 0.5) is 14.6 Å². The Hall–Kier alpha value is -2.80. The third-order valence-electron chi connectivity index (χ3n) is 4.63. The number of rotatable bonds is 4. The number of alkyl halides is 1. The monoisotopic (exact) mass is 357 g/mol. The van der Waals surface area contributed by atoms with Gasteiger partial charge in [0.2, 0.25) is 5.91 Å². The maximum Gasteiger partial charge on any atom is 0.231 e. The second-order valence-electron chi connectivity index (χ2n) is 6.55. The lowest BCUT2D eigenvalue weighted by atomic mass is 9.98. The summed E-state index contributed by atoms with van der Waals surface area (Å²) < 4.78 is 29.2. The number of carbonyl (C=O) groups is 1. The fraction of sp³-hybridized carbons (Fsp3) is 0.263. The van der Waals surface area contributed by atoms with Gasteiger partial charge in [0.1, 0.15) is 17.6 Å². The van der Waals surface area contributed by atoms with Gasteiger partial charge in [0.25, 0.3) is 0 Å². The van der Waals surface area contributed by atoms with Crippen molar-refractivity contribution in [2.45, 2.75) is 26.1 Å². The molecule has 5 nitrogen and oxygen atoms in total. The summed E-state index contributed by atoms with van der Waals surface area (Å²) in [6, 6.07) is 6.73. The summed E-state index contributed by atoms with van der Waals surface area (Å²) in [6.45, 7) is 1.39. The number of aliphatic hydroxyl groups excluding tert-OH is 1. The third-order valence-corrected chi connectivity index (χ3v) is 4.63. The van der Waals surface area contributed by atoms with Crippen molar-refractivity contribution >= 4 is 17.4 Å². The van der Waals surface area contributed by atoms with E-state index in [9.17, 15) is 18.7 Å². The molecule has 26 heavy (non-hydrogen) atoms. The maximum absolute atomic E-state index is 14.6.